The first-order chi connectivity index (χ1) is 10.1. The number of hydrogen-bond donors (Lipinski definition) is 1. The molecule has 104 valence electrons. The lowest BCUT2D eigenvalue weighted by Gasteiger charge is -2.08. The summed E-state index contributed by atoms with van der Waals surface area (Å²) in [4.78, 5) is 14.8. The van der Waals surface area contributed by atoms with Gasteiger partial charge in [-0.05, 0) is 48.4 Å². The first-order valence-electron chi connectivity index (χ1n) is 6.14. The third-order valence-corrected chi connectivity index (χ3v) is 2.72. The Labute approximate surface area is 121 Å². The molecule has 5 nitrogen and oxygen atoms in total. The van der Waals surface area contributed by atoms with Crippen LogP contribution >= 0.6 is 0 Å². The van der Waals surface area contributed by atoms with E-state index in [1.54, 1.807) is 48.8 Å². The molecular formula is C16H12N2O3. The minimum absolute atomic E-state index is 0.310. The first kappa shape index (κ1) is 14.3. The lowest BCUT2D eigenvalue weighted by molar-refractivity contribution is -0.132. The van der Waals surface area contributed by atoms with Crippen molar-refractivity contribution < 1.29 is 14.6 Å². The molecule has 0 bridgehead atoms. The van der Waals surface area contributed by atoms with Crippen molar-refractivity contribution >= 4 is 12.0 Å². The van der Waals surface area contributed by atoms with Gasteiger partial charge in [0.05, 0.1) is 6.20 Å². The normalized spacial score (nSPS) is 10.8. The number of pyridine rings is 1. The monoisotopic (exact) mass is 280 g/mol. The van der Waals surface area contributed by atoms with Crippen LogP contribution in [0.3, 0.4) is 0 Å². The summed E-state index contributed by atoms with van der Waals surface area (Å²) in [6.07, 6.45) is 4.58. The number of aliphatic carboxylic acids is 1. The Morgan fingerprint density at radius 2 is 2.24 bits per heavy atom. The SMILES string of the molecule is Cc1cc(/C=C(/C#N)C(=O)O)ccc1Oc1cccnc1. The zero-order chi connectivity index (χ0) is 15.2. The summed E-state index contributed by atoms with van der Waals surface area (Å²) in [7, 11) is 0. The summed E-state index contributed by atoms with van der Waals surface area (Å²) in [5, 5.41) is 17.6. The number of carboxylic acid groups (broad SMARTS) is 1. The van der Waals surface area contributed by atoms with E-state index in [1.165, 1.54) is 6.08 Å². The van der Waals surface area contributed by atoms with Gasteiger partial charge in [0.1, 0.15) is 23.1 Å². The molecule has 0 spiro atoms. The van der Waals surface area contributed by atoms with E-state index < -0.39 is 5.97 Å². The highest BCUT2D eigenvalue weighted by atomic mass is 16.5. The number of aromatic nitrogens is 1. The second-order valence-electron chi connectivity index (χ2n) is 4.29. The minimum Gasteiger partial charge on any atom is -0.477 e. The first-order valence-corrected chi connectivity index (χ1v) is 6.14. The van der Waals surface area contributed by atoms with Crippen molar-refractivity contribution in [3.05, 3.63) is 59.4 Å². The average Bonchev–Trinajstić information content (AvgIpc) is 2.48. The molecule has 2 aromatic rings. The Morgan fingerprint density at radius 1 is 1.43 bits per heavy atom. The van der Waals surface area contributed by atoms with Gasteiger partial charge in [-0.1, -0.05) is 6.07 Å². The topological polar surface area (TPSA) is 83.2 Å². The quantitative estimate of drug-likeness (QED) is 0.687. The van der Waals surface area contributed by atoms with E-state index in [-0.39, 0.29) is 5.57 Å². The second kappa shape index (κ2) is 6.35. The molecule has 0 saturated heterocycles. The van der Waals surface area contributed by atoms with Gasteiger partial charge in [0.25, 0.3) is 0 Å². The molecule has 2 rings (SSSR count). The minimum atomic E-state index is -1.24. The van der Waals surface area contributed by atoms with E-state index >= 15 is 0 Å². The van der Waals surface area contributed by atoms with E-state index in [0.717, 1.165) is 5.56 Å². The number of hydrogen-bond acceptors (Lipinski definition) is 4. The van der Waals surface area contributed by atoms with Crippen LogP contribution in [0, 0.1) is 18.3 Å². The highest BCUT2D eigenvalue weighted by Gasteiger charge is 2.07. The molecule has 1 heterocycles. The van der Waals surface area contributed by atoms with Crippen molar-refractivity contribution in [2.24, 2.45) is 0 Å². The van der Waals surface area contributed by atoms with E-state index in [0.29, 0.717) is 17.1 Å². The number of ether oxygens (including phenoxy) is 1. The Kier molecular flexibility index (Phi) is 4.32. The highest BCUT2D eigenvalue weighted by Crippen LogP contribution is 2.25. The molecule has 0 aliphatic heterocycles. The van der Waals surface area contributed by atoms with Gasteiger partial charge < -0.3 is 9.84 Å². The molecule has 0 unspecified atom stereocenters. The molecule has 0 amide bonds. The van der Waals surface area contributed by atoms with E-state index in [1.807, 2.05) is 6.92 Å². The Bertz CT molecular complexity index is 731. The molecule has 1 aromatic heterocycles. The van der Waals surface area contributed by atoms with Crippen molar-refractivity contribution in [1.29, 1.82) is 5.26 Å². The second-order valence-corrected chi connectivity index (χ2v) is 4.29. The van der Waals surface area contributed by atoms with Crippen LogP contribution in [0.4, 0.5) is 0 Å². The maximum atomic E-state index is 10.8. The van der Waals surface area contributed by atoms with Gasteiger partial charge in [0.2, 0.25) is 0 Å². The van der Waals surface area contributed by atoms with Gasteiger partial charge in [-0.25, -0.2) is 4.79 Å². The molecular weight excluding hydrogens is 268 g/mol. The fourth-order valence-electron chi connectivity index (χ4n) is 1.72. The predicted molar refractivity (Wildman–Crippen MR) is 76.7 cm³/mol. The average molecular weight is 280 g/mol. The third kappa shape index (κ3) is 3.67. The molecule has 1 N–H and O–H groups in total. The number of nitrogens with zero attached hydrogens (tertiary/aromatic N) is 2. The highest BCUT2D eigenvalue weighted by molar-refractivity contribution is 5.96. The summed E-state index contributed by atoms with van der Waals surface area (Å²) in [6, 6.07) is 10.4. The Balaban J connectivity index is 2.26. The van der Waals surface area contributed by atoms with Gasteiger partial charge in [-0.3, -0.25) is 4.98 Å². The van der Waals surface area contributed by atoms with Crippen LogP contribution in [0.1, 0.15) is 11.1 Å². The van der Waals surface area contributed by atoms with Crippen LogP contribution < -0.4 is 4.74 Å². The lowest BCUT2D eigenvalue weighted by atomic mass is 10.1. The number of carboxylic acids is 1. The summed E-state index contributed by atoms with van der Waals surface area (Å²) >= 11 is 0. The van der Waals surface area contributed by atoms with Crippen LogP contribution in [-0.4, -0.2) is 16.1 Å². The zero-order valence-corrected chi connectivity index (χ0v) is 11.3. The smallest absolute Gasteiger partial charge is 0.346 e. The molecule has 5 heteroatoms. The number of benzene rings is 1. The predicted octanol–water partition coefficient (Wildman–Crippen LogP) is 3.17. The molecule has 21 heavy (non-hydrogen) atoms. The maximum Gasteiger partial charge on any atom is 0.346 e. The van der Waals surface area contributed by atoms with Crippen molar-refractivity contribution in [2.45, 2.75) is 6.92 Å². The molecule has 1 aromatic carbocycles. The van der Waals surface area contributed by atoms with E-state index in [9.17, 15) is 4.79 Å². The van der Waals surface area contributed by atoms with Gasteiger partial charge >= 0.3 is 5.97 Å². The fourth-order valence-corrected chi connectivity index (χ4v) is 1.72. The molecule has 0 atom stereocenters. The van der Waals surface area contributed by atoms with E-state index in [2.05, 4.69) is 4.98 Å². The van der Waals surface area contributed by atoms with Gasteiger partial charge in [0.15, 0.2) is 0 Å². The van der Waals surface area contributed by atoms with Crippen molar-refractivity contribution in [2.75, 3.05) is 0 Å². The van der Waals surface area contributed by atoms with Crippen molar-refractivity contribution in [1.82, 2.24) is 4.98 Å². The molecule has 0 saturated carbocycles. The third-order valence-electron chi connectivity index (χ3n) is 2.72. The number of carbonyl (C=O) groups is 1. The number of aryl methyl sites for hydroxylation is 1. The molecule has 0 fully saturated rings. The summed E-state index contributed by atoms with van der Waals surface area (Å²) in [5.41, 5.74) is 1.15. The molecule has 0 radical (unpaired) electrons. The molecule has 0 aliphatic carbocycles. The number of nitriles is 1. The lowest BCUT2D eigenvalue weighted by Crippen LogP contribution is -1.97. The van der Waals surface area contributed by atoms with Crippen molar-refractivity contribution in [3.63, 3.8) is 0 Å². The molecule has 0 aliphatic rings. The van der Waals surface area contributed by atoms with Gasteiger partial charge in [-0.2, -0.15) is 5.26 Å². The summed E-state index contributed by atoms with van der Waals surface area (Å²) < 4.78 is 5.68. The van der Waals surface area contributed by atoms with Crippen LogP contribution in [0.2, 0.25) is 0 Å². The zero-order valence-electron chi connectivity index (χ0n) is 11.3. The summed E-state index contributed by atoms with van der Waals surface area (Å²) in [6.45, 7) is 1.84. The fraction of sp³-hybridized carbons (Fsp3) is 0.0625. The maximum absolute atomic E-state index is 10.8. The van der Waals surface area contributed by atoms with Crippen molar-refractivity contribution in [3.8, 4) is 17.6 Å². The Hall–Kier alpha value is -3.13. The number of rotatable bonds is 4. The standard InChI is InChI=1S/C16H12N2O3/c1-11-7-12(8-13(9-17)16(19)20)4-5-15(11)21-14-3-2-6-18-10-14/h2-8,10H,1H3,(H,19,20)/b13-8-. The van der Waals surface area contributed by atoms with E-state index in [4.69, 9.17) is 15.1 Å². The van der Waals surface area contributed by atoms with Crippen LogP contribution in [0.5, 0.6) is 11.5 Å². The van der Waals surface area contributed by atoms with Crippen LogP contribution in [-0.2, 0) is 4.79 Å². The summed E-state index contributed by atoms with van der Waals surface area (Å²) in [5.74, 6) is 0.0203. The van der Waals surface area contributed by atoms with Crippen LogP contribution in [0.15, 0.2) is 48.3 Å². The van der Waals surface area contributed by atoms with Crippen LogP contribution in [0.25, 0.3) is 6.08 Å². The van der Waals surface area contributed by atoms with Gasteiger partial charge in [-0.15, -0.1) is 0 Å². The Morgan fingerprint density at radius 3 is 2.81 bits per heavy atom. The van der Waals surface area contributed by atoms with Gasteiger partial charge in [0, 0.05) is 6.20 Å². The largest absolute Gasteiger partial charge is 0.477 e.